The summed E-state index contributed by atoms with van der Waals surface area (Å²) >= 11 is 3.36. The fourth-order valence-electron chi connectivity index (χ4n) is 2.63. The van der Waals surface area contributed by atoms with Gasteiger partial charge in [-0.1, -0.05) is 28.1 Å². The molecule has 0 radical (unpaired) electrons. The van der Waals surface area contributed by atoms with Crippen molar-refractivity contribution in [3.63, 3.8) is 0 Å². The van der Waals surface area contributed by atoms with Gasteiger partial charge in [-0.2, -0.15) is 0 Å². The van der Waals surface area contributed by atoms with Crippen molar-refractivity contribution in [2.24, 2.45) is 0 Å². The smallest absolute Gasteiger partial charge is 0.341 e. The zero-order valence-electron chi connectivity index (χ0n) is 15.1. The van der Waals surface area contributed by atoms with Gasteiger partial charge in [-0.15, -0.1) is 0 Å². The Bertz CT molecular complexity index is 1050. The molecule has 0 unspecified atom stereocenters. The number of carbonyl (C=O) groups is 4. The van der Waals surface area contributed by atoms with Crippen LogP contribution >= 0.6 is 15.9 Å². The number of urea groups is 1. The summed E-state index contributed by atoms with van der Waals surface area (Å²) in [5.74, 6) is -2.31. The number of aryl methyl sites for hydroxylation is 1. The number of rotatable bonds is 5. The minimum atomic E-state index is -1.10. The second kappa shape index (κ2) is 8.27. The van der Waals surface area contributed by atoms with Crippen molar-refractivity contribution in [3.8, 4) is 5.75 Å². The van der Waals surface area contributed by atoms with Crippen molar-refractivity contribution in [2.75, 3.05) is 11.5 Å². The molecule has 1 aliphatic rings. The lowest BCUT2D eigenvalue weighted by Gasteiger charge is -2.26. The molecule has 1 saturated heterocycles. The lowest BCUT2D eigenvalue weighted by molar-refractivity contribution is -0.139. The Kier molecular flexibility index (Phi) is 5.79. The molecule has 148 valence electrons. The Balaban J connectivity index is 1.88. The van der Waals surface area contributed by atoms with E-state index < -0.39 is 30.4 Å². The molecule has 2 aromatic rings. The molecule has 9 heteroatoms. The van der Waals surface area contributed by atoms with Gasteiger partial charge in [-0.05, 0) is 54.5 Å². The Morgan fingerprint density at radius 3 is 2.48 bits per heavy atom. The lowest BCUT2D eigenvalue weighted by Crippen LogP contribution is -2.54. The van der Waals surface area contributed by atoms with Crippen LogP contribution in [0.1, 0.15) is 11.1 Å². The predicted octanol–water partition coefficient (Wildman–Crippen LogP) is 2.89. The van der Waals surface area contributed by atoms with Gasteiger partial charge >= 0.3 is 12.0 Å². The minimum Gasteiger partial charge on any atom is -0.482 e. The van der Waals surface area contributed by atoms with Gasteiger partial charge in [-0.3, -0.25) is 14.9 Å². The van der Waals surface area contributed by atoms with Crippen molar-refractivity contribution in [1.29, 1.82) is 0 Å². The number of hydrogen-bond donors (Lipinski definition) is 2. The third kappa shape index (κ3) is 4.52. The highest BCUT2D eigenvalue weighted by molar-refractivity contribution is 9.10. The van der Waals surface area contributed by atoms with Crippen molar-refractivity contribution < 1.29 is 29.0 Å². The monoisotopic (exact) mass is 458 g/mol. The van der Waals surface area contributed by atoms with Crippen LogP contribution in [0, 0.1) is 6.92 Å². The van der Waals surface area contributed by atoms with E-state index in [4.69, 9.17) is 9.84 Å². The summed E-state index contributed by atoms with van der Waals surface area (Å²) in [6.45, 7) is 1.33. The molecule has 0 spiro atoms. The van der Waals surface area contributed by atoms with E-state index in [1.54, 1.807) is 30.3 Å². The summed E-state index contributed by atoms with van der Waals surface area (Å²) in [5.41, 5.74) is 1.46. The first kappa shape index (κ1) is 20.3. The summed E-state index contributed by atoms with van der Waals surface area (Å²) in [7, 11) is 0. The van der Waals surface area contributed by atoms with E-state index in [0.717, 1.165) is 14.9 Å². The molecular formula is C20H15BrN2O6. The zero-order valence-corrected chi connectivity index (χ0v) is 16.7. The number of carboxylic acid groups (broad SMARTS) is 1. The first-order valence-electron chi connectivity index (χ1n) is 8.38. The summed E-state index contributed by atoms with van der Waals surface area (Å²) < 4.78 is 5.86. The molecule has 0 bridgehead atoms. The lowest BCUT2D eigenvalue weighted by atomic mass is 10.1. The van der Waals surface area contributed by atoms with Crippen LogP contribution < -0.4 is 15.0 Å². The number of amides is 4. The third-order valence-electron chi connectivity index (χ3n) is 4.05. The van der Waals surface area contributed by atoms with Crippen LogP contribution in [0.15, 0.2) is 52.5 Å². The van der Waals surface area contributed by atoms with E-state index in [-0.39, 0.29) is 5.57 Å². The van der Waals surface area contributed by atoms with Crippen LogP contribution in [0.25, 0.3) is 6.08 Å². The molecule has 1 heterocycles. The molecule has 0 atom stereocenters. The first-order chi connectivity index (χ1) is 13.8. The maximum Gasteiger partial charge on any atom is 0.341 e. The molecule has 8 nitrogen and oxygen atoms in total. The van der Waals surface area contributed by atoms with Crippen LogP contribution in [0.4, 0.5) is 10.5 Å². The van der Waals surface area contributed by atoms with Gasteiger partial charge in [0.05, 0.1) is 5.69 Å². The zero-order chi connectivity index (χ0) is 21.1. The van der Waals surface area contributed by atoms with Crippen LogP contribution in [0.5, 0.6) is 5.75 Å². The van der Waals surface area contributed by atoms with Gasteiger partial charge in [0.25, 0.3) is 11.8 Å². The summed E-state index contributed by atoms with van der Waals surface area (Å²) in [4.78, 5) is 48.8. The maximum atomic E-state index is 12.9. The molecule has 1 fully saturated rings. The van der Waals surface area contributed by atoms with E-state index in [1.807, 2.05) is 6.92 Å². The second-order valence-corrected chi connectivity index (χ2v) is 7.00. The molecular weight excluding hydrogens is 444 g/mol. The quantitative estimate of drug-likeness (QED) is 0.525. The van der Waals surface area contributed by atoms with Gasteiger partial charge in [0.15, 0.2) is 6.61 Å². The number of barbiturate groups is 1. The molecule has 3 rings (SSSR count). The topological polar surface area (TPSA) is 113 Å². The molecule has 2 N–H and O–H groups in total. The van der Waals surface area contributed by atoms with Crippen molar-refractivity contribution in [2.45, 2.75) is 6.92 Å². The van der Waals surface area contributed by atoms with Crippen LogP contribution in [-0.4, -0.2) is 35.5 Å². The van der Waals surface area contributed by atoms with Gasteiger partial charge < -0.3 is 9.84 Å². The number of carbonyl (C=O) groups excluding carboxylic acids is 3. The van der Waals surface area contributed by atoms with Crippen molar-refractivity contribution in [1.82, 2.24) is 5.32 Å². The van der Waals surface area contributed by atoms with Crippen molar-refractivity contribution >= 4 is 51.5 Å². The fourth-order valence-corrected chi connectivity index (χ4v) is 2.88. The number of carboxylic acids is 1. The largest absolute Gasteiger partial charge is 0.482 e. The fraction of sp³-hybridized carbons (Fsp3) is 0.100. The van der Waals surface area contributed by atoms with Crippen LogP contribution in [-0.2, 0) is 14.4 Å². The van der Waals surface area contributed by atoms with Crippen LogP contribution in [0.3, 0.4) is 0 Å². The Morgan fingerprint density at radius 1 is 1.17 bits per heavy atom. The number of anilines is 1. The van der Waals surface area contributed by atoms with E-state index in [2.05, 4.69) is 21.2 Å². The standard InChI is InChI=1S/C20H15BrN2O6/c1-11-8-13(4-7-16(11)21)23-19(27)15(18(26)22-20(23)28)9-12-2-5-14(6-3-12)29-10-17(24)25/h2-9H,10H2,1H3,(H,24,25)(H,22,26,28)/b15-9-. The average Bonchev–Trinajstić information content (AvgIpc) is 2.67. The minimum absolute atomic E-state index is 0.204. The Hall–Kier alpha value is -3.46. The van der Waals surface area contributed by atoms with Gasteiger partial charge in [0.2, 0.25) is 0 Å². The van der Waals surface area contributed by atoms with Gasteiger partial charge in [-0.25, -0.2) is 14.5 Å². The number of nitrogens with zero attached hydrogens (tertiary/aromatic N) is 1. The number of nitrogens with one attached hydrogen (secondary N) is 1. The highest BCUT2D eigenvalue weighted by Crippen LogP contribution is 2.26. The summed E-state index contributed by atoms with van der Waals surface area (Å²) in [5, 5.41) is 10.8. The molecule has 4 amide bonds. The number of ether oxygens (including phenoxy) is 1. The molecule has 29 heavy (non-hydrogen) atoms. The maximum absolute atomic E-state index is 12.9. The van der Waals surface area contributed by atoms with E-state index in [1.165, 1.54) is 18.2 Å². The summed E-state index contributed by atoms with van der Waals surface area (Å²) in [6.07, 6.45) is 1.35. The van der Waals surface area contributed by atoms with Gasteiger partial charge in [0, 0.05) is 4.47 Å². The second-order valence-electron chi connectivity index (χ2n) is 6.14. The molecule has 2 aromatic carbocycles. The molecule has 1 aliphatic heterocycles. The highest BCUT2D eigenvalue weighted by atomic mass is 79.9. The number of benzene rings is 2. The molecule has 0 aliphatic carbocycles. The van der Waals surface area contributed by atoms with E-state index in [9.17, 15) is 19.2 Å². The first-order valence-corrected chi connectivity index (χ1v) is 9.18. The van der Waals surface area contributed by atoms with Crippen molar-refractivity contribution in [3.05, 3.63) is 63.6 Å². The number of halogens is 1. The Morgan fingerprint density at radius 2 is 1.86 bits per heavy atom. The van der Waals surface area contributed by atoms with E-state index >= 15 is 0 Å². The third-order valence-corrected chi connectivity index (χ3v) is 4.94. The number of imide groups is 2. The van der Waals surface area contributed by atoms with E-state index in [0.29, 0.717) is 17.0 Å². The normalized spacial score (nSPS) is 15.4. The van der Waals surface area contributed by atoms with Crippen LogP contribution in [0.2, 0.25) is 0 Å². The number of hydrogen-bond acceptors (Lipinski definition) is 5. The van der Waals surface area contributed by atoms with Gasteiger partial charge in [0.1, 0.15) is 11.3 Å². The molecule has 0 aromatic heterocycles. The number of aliphatic carboxylic acids is 1. The predicted molar refractivity (Wildman–Crippen MR) is 107 cm³/mol. The highest BCUT2D eigenvalue weighted by Gasteiger charge is 2.36. The molecule has 0 saturated carbocycles. The average molecular weight is 459 g/mol. The Labute approximate surface area is 173 Å². The summed E-state index contributed by atoms with van der Waals surface area (Å²) in [6, 6.07) is 10.3. The SMILES string of the molecule is Cc1cc(N2C(=O)NC(=O)/C(=C/c3ccc(OCC(=O)O)cc3)C2=O)ccc1Br.